The van der Waals surface area contributed by atoms with Gasteiger partial charge in [0.05, 0.1) is 26.0 Å². The van der Waals surface area contributed by atoms with Gasteiger partial charge in [0.1, 0.15) is 0 Å². The van der Waals surface area contributed by atoms with E-state index < -0.39 is 11.2 Å². The first-order chi connectivity index (χ1) is 11.5. The topological polar surface area (TPSA) is 72.5 Å². The number of nitrogens with one attached hydrogen (secondary N) is 1. The maximum atomic E-state index is 12.0. The molecule has 0 bridgehead atoms. The molecule has 1 N–H and O–H groups in total. The van der Waals surface area contributed by atoms with Gasteiger partial charge in [0.15, 0.2) is 6.61 Å². The molecule has 1 amide bonds. The van der Waals surface area contributed by atoms with Crippen molar-refractivity contribution >= 4 is 62.4 Å². The molecule has 1 atom stereocenters. The fourth-order valence-electron chi connectivity index (χ4n) is 2.12. The first kappa shape index (κ1) is 17.2. The third kappa shape index (κ3) is 4.06. The molecule has 2 aromatic rings. The number of carbonyl (C=O) groups excluding carboxylic acids is 3. The maximum absolute atomic E-state index is 12.0. The van der Waals surface area contributed by atoms with Crippen molar-refractivity contribution in [2.75, 3.05) is 11.9 Å². The lowest BCUT2D eigenvalue weighted by atomic mass is 10.2. The molecule has 1 aliphatic rings. The molecule has 1 aromatic heterocycles. The average molecular weight is 426 g/mol. The van der Waals surface area contributed by atoms with Crippen molar-refractivity contribution in [1.82, 2.24) is 0 Å². The van der Waals surface area contributed by atoms with Crippen LogP contribution in [0, 0.1) is 0 Å². The van der Waals surface area contributed by atoms with Crippen LogP contribution in [0.3, 0.4) is 0 Å². The van der Waals surface area contributed by atoms with Gasteiger partial charge in [0.25, 0.3) is 0 Å². The van der Waals surface area contributed by atoms with Gasteiger partial charge >= 0.3 is 5.97 Å². The summed E-state index contributed by atoms with van der Waals surface area (Å²) in [6.45, 7) is -0.318. The van der Waals surface area contributed by atoms with E-state index in [2.05, 4.69) is 21.2 Å². The van der Waals surface area contributed by atoms with E-state index in [1.165, 1.54) is 23.1 Å². The second-order valence-corrected chi connectivity index (χ2v) is 8.69. The van der Waals surface area contributed by atoms with Gasteiger partial charge in [0, 0.05) is 4.90 Å². The summed E-state index contributed by atoms with van der Waals surface area (Å²) in [7, 11) is 0. The quantitative estimate of drug-likeness (QED) is 0.583. The monoisotopic (exact) mass is 425 g/mol. The second kappa shape index (κ2) is 7.50. The van der Waals surface area contributed by atoms with Crippen LogP contribution in [0.1, 0.15) is 16.1 Å². The molecule has 3 rings (SSSR count). The Bertz CT molecular complexity index is 805. The zero-order chi connectivity index (χ0) is 17.1. The number of esters is 1. The number of para-hydroxylation sites is 1. The van der Waals surface area contributed by atoms with Crippen LogP contribution >= 0.6 is 39.0 Å². The number of hydrogen-bond donors (Lipinski definition) is 1. The number of thiophene rings is 1. The predicted molar refractivity (Wildman–Crippen MR) is 96.6 cm³/mol. The number of thioether (sulfide) groups is 1. The lowest BCUT2D eigenvalue weighted by molar-refractivity contribution is -0.143. The van der Waals surface area contributed by atoms with E-state index in [1.54, 1.807) is 12.1 Å². The summed E-state index contributed by atoms with van der Waals surface area (Å²) in [5, 5.41) is 2.21. The molecule has 0 saturated carbocycles. The van der Waals surface area contributed by atoms with Gasteiger partial charge in [-0.15, -0.1) is 23.1 Å². The minimum Gasteiger partial charge on any atom is -0.457 e. The average Bonchev–Trinajstić information content (AvgIpc) is 3.00. The van der Waals surface area contributed by atoms with Gasteiger partial charge in [-0.3, -0.25) is 14.4 Å². The van der Waals surface area contributed by atoms with Crippen LogP contribution in [-0.2, 0) is 14.3 Å². The molecule has 0 radical (unpaired) electrons. The molecule has 0 fully saturated rings. The van der Waals surface area contributed by atoms with E-state index in [0.717, 1.165) is 14.4 Å². The highest BCUT2D eigenvalue weighted by Gasteiger charge is 2.29. The highest BCUT2D eigenvalue weighted by Crippen LogP contribution is 2.36. The first-order valence-corrected chi connectivity index (χ1v) is 9.52. The first-order valence-electron chi connectivity index (χ1n) is 7.03. The Morgan fingerprint density at radius 1 is 1.21 bits per heavy atom. The van der Waals surface area contributed by atoms with Gasteiger partial charge in [0.2, 0.25) is 11.7 Å². The zero-order valence-electron chi connectivity index (χ0n) is 12.3. The Morgan fingerprint density at radius 2 is 2.00 bits per heavy atom. The standard InChI is InChI=1S/C16H12BrNO4S2/c17-14-6-5-12(24-14)10(19)8-22-15(20)7-13-16(21)18-9-3-1-2-4-11(9)23-13/h1-6,13H,7-8H2,(H,18,21)/t13-/m0/s1. The summed E-state index contributed by atoms with van der Waals surface area (Å²) in [6, 6.07) is 10.8. The lowest BCUT2D eigenvalue weighted by Crippen LogP contribution is -2.31. The Labute approximate surface area is 154 Å². The number of amides is 1. The smallest absolute Gasteiger partial charge is 0.307 e. The number of hydrogen-bond acceptors (Lipinski definition) is 6. The van der Waals surface area contributed by atoms with Crippen LogP contribution in [0.4, 0.5) is 5.69 Å². The van der Waals surface area contributed by atoms with Crippen molar-refractivity contribution in [3.8, 4) is 0 Å². The molecule has 0 aliphatic carbocycles. The Balaban J connectivity index is 1.54. The number of ether oxygens (including phenoxy) is 1. The van der Waals surface area contributed by atoms with Crippen molar-refractivity contribution in [2.24, 2.45) is 0 Å². The SMILES string of the molecule is O=C(C[C@@H]1Sc2ccccc2NC1=O)OCC(=O)c1ccc(Br)s1. The lowest BCUT2D eigenvalue weighted by Gasteiger charge is -2.23. The normalized spacial score (nSPS) is 16.2. The molecule has 1 aliphatic heterocycles. The molecule has 5 nitrogen and oxygen atoms in total. The fraction of sp³-hybridized carbons (Fsp3) is 0.188. The minimum absolute atomic E-state index is 0.0771. The molecule has 124 valence electrons. The molecule has 0 unspecified atom stereocenters. The van der Waals surface area contributed by atoms with Crippen molar-refractivity contribution < 1.29 is 19.1 Å². The molecule has 2 heterocycles. The van der Waals surface area contributed by atoms with E-state index in [1.807, 2.05) is 24.3 Å². The van der Waals surface area contributed by atoms with Crippen LogP contribution in [0.25, 0.3) is 0 Å². The summed E-state index contributed by atoms with van der Waals surface area (Å²) in [5.41, 5.74) is 0.746. The number of carbonyl (C=O) groups is 3. The number of fused-ring (bicyclic) bond motifs is 1. The van der Waals surface area contributed by atoms with Crippen LogP contribution in [0.2, 0.25) is 0 Å². The third-order valence-electron chi connectivity index (χ3n) is 3.27. The molecular formula is C16H12BrNO4S2. The van der Waals surface area contributed by atoms with E-state index in [4.69, 9.17) is 4.74 Å². The van der Waals surface area contributed by atoms with Crippen molar-refractivity contribution in [3.63, 3.8) is 0 Å². The van der Waals surface area contributed by atoms with Gasteiger partial charge in [-0.05, 0) is 40.2 Å². The third-order valence-corrected chi connectivity index (χ3v) is 6.21. The fourth-order valence-corrected chi connectivity index (χ4v) is 4.52. The van der Waals surface area contributed by atoms with Crippen molar-refractivity contribution in [1.29, 1.82) is 0 Å². The molecule has 8 heteroatoms. The van der Waals surface area contributed by atoms with Crippen LogP contribution in [-0.4, -0.2) is 29.5 Å². The van der Waals surface area contributed by atoms with Gasteiger partial charge in [-0.1, -0.05) is 12.1 Å². The summed E-state index contributed by atoms with van der Waals surface area (Å²) >= 11 is 5.89. The van der Waals surface area contributed by atoms with Gasteiger partial charge in [-0.2, -0.15) is 0 Å². The van der Waals surface area contributed by atoms with Crippen LogP contribution in [0.15, 0.2) is 45.1 Å². The van der Waals surface area contributed by atoms with E-state index in [0.29, 0.717) is 4.88 Å². The zero-order valence-corrected chi connectivity index (χ0v) is 15.5. The Morgan fingerprint density at radius 3 is 2.75 bits per heavy atom. The van der Waals surface area contributed by atoms with E-state index in [-0.39, 0.29) is 24.7 Å². The van der Waals surface area contributed by atoms with Crippen molar-refractivity contribution in [3.05, 3.63) is 45.1 Å². The highest BCUT2D eigenvalue weighted by atomic mass is 79.9. The van der Waals surface area contributed by atoms with Gasteiger partial charge in [-0.25, -0.2) is 0 Å². The summed E-state index contributed by atoms with van der Waals surface area (Å²) in [5.74, 6) is -1.06. The highest BCUT2D eigenvalue weighted by molar-refractivity contribution is 9.11. The molecule has 0 spiro atoms. The maximum Gasteiger partial charge on any atom is 0.307 e. The molecular weight excluding hydrogens is 414 g/mol. The summed E-state index contributed by atoms with van der Waals surface area (Å²) < 4.78 is 5.86. The number of ketones is 1. The number of halogens is 1. The molecule has 1 aromatic carbocycles. The molecule has 0 saturated heterocycles. The largest absolute Gasteiger partial charge is 0.457 e. The van der Waals surface area contributed by atoms with Gasteiger partial charge < -0.3 is 10.1 Å². The summed E-state index contributed by atoms with van der Waals surface area (Å²) in [4.78, 5) is 37.3. The van der Waals surface area contributed by atoms with E-state index >= 15 is 0 Å². The summed E-state index contributed by atoms with van der Waals surface area (Å²) in [6.07, 6.45) is -0.0771. The van der Waals surface area contributed by atoms with Crippen LogP contribution in [0.5, 0.6) is 0 Å². The minimum atomic E-state index is -0.564. The Kier molecular flexibility index (Phi) is 5.37. The predicted octanol–water partition coefficient (Wildman–Crippen LogP) is 3.74. The second-order valence-electron chi connectivity index (χ2n) is 4.98. The number of rotatable bonds is 5. The Hall–Kier alpha value is -1.64. The molecule has 24 heavy (non-hydrogen) atoms. The van der Waals surface area contributed by atoms with Crippen molar-refractivity contribution in [2.45, 2.75) is 16.6 Å². The number of anilines is 1. The number of benzene rings is 1. The van der Waals surface area contributed by atoms with E-state index in [9.17, 15) is 14.4 Å². The van der Waals surface area contributed by atoms with Crippen LogP contribution < -0.4 is 5.32 Å². The number of Topliss-reactive ketones (excluding diaryl/α,β-unsaturated/α-hetero) is 1.